The molecule has 0 amide bonds. The summed E-state index contributed by atoms with van der Waals surface area (Å²) in [4.78, 5) is 15.9. The normalized spacial score (nSPS) is 12.6. The summed E-state index contributed by atoms with van der Waals surface area (Å²) in [6, 6.07) is 0. The summed E-state index contributed by atoms with van der Waals surface area (Å²) in [5, 5.41) is 0. The van der Waals surface area contributed by atoms with Gasteiger partial charge in [-0.1, -0.05) is 0 Å². The third-order valence-electron chi connectivity index (χ3n) is 2.19. The molecule has 0 spiro atoms. The van der Waals surface area contributed by atoms with Gasteiger partial charge < -0.3 is 4.74 Å². The molecule has 0 aliphatic rings. The molecule has 0 atom stereocenters. The molecule has 0 radical (unpaired) electrons. The van der Waals surface area contributed by atoms with Crippen LogP contribution in [0.25, 0.3) is 0 Å². The number of hydrogen-bond acceptors (Lipinski definition) is 3. The molecule has 0 aliphatic heterocycles. The predicted octanol–water partition coefficient (Wildman–Crippen LogP) is 2.48. The number of nitrogens with zero attached hydrogens (tertiary/aromatic N) is 2. The molecule has 1 aromatic heterocycles. The van der Waals surface area contributed by atoms with Crippen LogP contribution in [0.4, 0.5) is 0 Å². The fourth-order valence-electron chi connectivity index (χ4n) is 1.41. The van der Waals surface area contributed by atoms with Crippen LogP contribution in [0.5, 0.6) is 5.88 Å². The number of hydrogen-bond donors (Lipinski definition) is 0. The van der Waals surface area contributed by atoms with E-state index in [0.29, 0.717) is 5.88 Å². The van der Waals surface area contributed by atoms with Crippen molar-refractivity contribution in [3.8, 4) is 5.88 Å². The van der Waals surface area contributed by atoms with E-state index in [-0.39, 0.29) is 16.8 Å². The van der Waals surface area contributed by atoms with E-state index < -0.39 is 0 Å². The predicted molar refractivity (Wildman–Crippen MR) is 68.6 cm³/mol. The number of aromatic nitrogens is 2. The summed E-state index contributed by atoms with van der Waals surface area (Å²) in [7, 11) is 0. The van der Waals surface area contributed by atoms with Gasteiger partial charge >= 0.3 is 5.69 Å². The highest BCUT2D eigenvalue weighted by Crippen LogP contribution is 2.20. The summed E-state index contributed by atoms with van der Waals surface area (Å²) in [5.41, 5.74) is -0.0236. The molecule has 17 heavy (non-hydrogen) atoms. The lowest BCUT2D eigenvalue weighted by molar-refractivity contribution is 0.121. The fourth-order valence-corrected chi connectivity index (χ4v) is 1.41. The Balaban J connectivity index is 3.24. The summed E-state index contributed by atoms with van der Waals surface area (Å²) >= 11 is 0. The first-order chi connectivity index (χ1) is 7.50. The highest BCUT2D eigenvalue weighted by atomic mass is 16.5. The molecule has 0 saturated heterocycles. The van der Waals surface area contributed by atoms with E-state index in [1.807, 2.05) is 48.5 Å². The van der Waals surface area contributed by atoms with Gasteiger partial charge in [-0.05, 0) is 48.5 Å². The average Bonchev–Trinajstić information content (AvgIpc) is 2.06. The summed E-state index contributed by atoms with van der Waals surface area (Å²) < 4.78 is 7.28. The van der Waals surface area contributed by atoms with E-state index in [4.69, 9.17) is 4.74 Å². The first kappa shape index (κ1) is 13.7. The van der Waals surface area contributed by atoms with Crippen LogP contribution < -0.4 is 10.4 Å². The Morgan fingerprint density at radius 1 is 1.18 bits per heavy atom. The van der Waals surface area contributed by atoms with Crippen molar-refractivity contribution < 1.29 is 4.74 Å². The van der Waals surface area contributed by atoms with Crippen molar-refractivity contribution in [3.63, 3.8) is 0 Å². The van der Waals surface area contributed by atoms with Crippen LogP contribution in [0.3, 0.4) is 0 Å². The lowest BCUT2D eigenvalue weighted by Gasteiger charge is -2.25. The Hall–Kier alpha value is -1.32. The minimum Gasteiger partial charge on any atom is -0.472 e. The maximum absolute atomic E-state index is 11.9. The van der Waals surface area contributed by atoms with Crippen molar-refractivity contribution >= 4 is 0 Å². The Bertz CT molecular complexity index is 462. The SMILES string of the molecule is Cc1cn(C(C)(C)C)c(=O)nc1OC(C)(C)C. The molecule has 1 heterocycles. The zero-order chi connectivity index (χ0) is 13.4. The second-order valence-corrected chi connectivity index (χ2v) is 6.27. The van der Waals surface area contributed by atoms with E-state index in [2.05, 4.69) is 4.98 Å². The topological polar surface area (TPSA) is 44.1 Å². The first-order valence-corrected chi connectivity index (χ1v) is 5.80. The fraction of sp³-hybridized carbons (Fsp3) is 0.692. The smallest absolute Gasteiger partial charge is 0.351 e. The van der Waals surface area contributed by atoms with E-state index in [1.165, 1.54) is 0 Å². The van der Waals surface area contributed by atoms with Gasteiger partial charge in [0, 0.05) is 17.3 Å². The first-order valence-electron chi connectivity index (χ1n) is 5.80. The average molecular weight is 238 g/mol. The lowest BCUT2D eigenvalue weighted by atomic mass is 10.1. The minimum absolute atomic E-state index is 0.269. The zero-order valence-corrected chi connectivity index (χ0v) is 11.8. The maximum atomic E-state index is 11.9. The van der Waals surface area contributed by atoms with Crippen LogP contribution in [-0.2, 0) is 5.54 Å². The minimum atomic E-state index is -0.349. The van der Waals surface area contributed by atoms with Crippen LogP contribution in [0.15, 0.2) is 11.0 Å². The van der Waals surface area contributed by atoms with Crippen molar-refractivity contribution in [2.45, 2.75) is 59.6 Å². The van der Waals surface area contributed by atoms with Crippen LogP contribution in [-0.4, -0.2) is 15.2 Å². The van der Waals surface area contributed by atoms with Crippen LogP contribution >= 0.6 is 0 Å². The molecule has 96 valence electrons. The van der Waals surface area contributed by atoms with Gasteiger partial charge in [0.15, 0.2) is 0 Å². The summed E-state index contributed by atoms with van der Waals surface area (Å²) in [6.45, 7) is 13.6. The van der Waals surface area contributed by atoms with Crippen molar-refractivity contribution in [1.82, 2.24) is 9.55 Å². The van der Waals surface area contributed by atoms with Gasteiger partial charge in [-0.15, -0.1) is 0 Å². The van der Waals surface area contributed by atoms with Crippen molar-refractivity contribution in [1.29, 1.82) is 0 Å². The standard InChI is InChI=1S/C13H22N2O2/c1-9-8-15(12(2,3)4)11(16)14-10(9)17-13(5,6)7/h8H,1-7H3. The largest absolute Gasteiger partial charge is 0.472 e. The Kier molecular flexibility index (Phi) is 3.37. The van der Waals surface area contributed by atoms with Gasteiger partial charge in [0.2, 0.25) is 5.88 Å². The second-order valence-electron chi connectivity index (χ2n) is 6.27. The van der Waals surface area contributed by atoms with Crippen molar-refractivity contribution in [2.75, 3.05) is 0 Å². The maximum Gasteiger partial charge on any atom is 0.351 e. The number of aryl methyl sites for hydroxylation is 1. The van der Waals surface area contributed by atoms with Gasteiger partial charge in [0.05, 0.1) is 0 Å². The molecule has 4 heteroatoms. The van der Waals surface area contributed by atoms with Crippen LogP contribution in [0, 0.1) is 6.92 Å². The molecule has 4 nitrogen and oxygen atoms in total. The van der Waals surface area contributed by atoms with Crippen LogP contribution in [0.1, 0.15) is 47.1 Å². The molecular weight excluding hydrogens is 216 g/mol. The lowest BCUT2D eigenvalue weighted by Crippen LogP contribution is -2.36. The highest BCUT2D eigenvalue weighted by Gasteiger charge is 2.20. The van der Waals surface area contributed by atoms with Gasteiger partial charge in [-0.3, -0.25) is 4.57 Å². The molecule has 0 bridgehead atoms. The third kappa shape index (κ3) is 3.58. The Labute approximate surface area is 103 Å². The van der Waals surface area contributed by atoms with Gasteiger partial charge in [0.25, 0.3) is 0 Å². The zero-order valence-electron chi connectivity index (χ0n) is 11.8. The molecule has 0 fully saturated rings. The Morgan fingerprint density at radius 3 is 2.12 bits per heavy atom. The van der Waals surface area contributed by atoms with E-state index in [1.54, 1.807) is 10.8 Å². The number of rotatable bonds is 1. The monoisotopic (exact) mass is 238 g/mol. The second kappa shape index (κ2) is 4.17. The molecule has 0 unspecified atom stereocenters. The molecule has 1 rings (SSSR count). The highest BCUT2D eigenvalue weighted by molar-refractivity contribution is 5.21. The van der Waals surface area contributed by atoms with Crippen molar-refractivity contribution in [2.24, 2.45) is 0 Å². The summed E-state index contributed by atoms with van der Waals surface area (Å²) in [5.74, 6) is 0.419. The van der Waals surface area contributed by atoms with E-state index in [9.17, 15) is 4.79 Å². The third-order valence-corrected chi connectivity index (χ3v) is 2.19. The molecule has 0 saturated carbocycles. The molecule has 0 N–H and O–H groups in total. The van der Waals surface area contributed by atoms with Gasteiger partial charge in [-0.25, -0.2) is 4.79 Å². The van der Waals surface area contributed by atoms with Crippen molar-refractivity contribution in [3.05, 3.63) is 22.2 Å². The van der Waals surface area contributed by atoms with Gasteiger partial charge in [-0.2, -0.15) is 4.98 Å². The quantitative estimate of drug-likeness (QED) is 0.755. The molecule has 0 aliphatic carbocycles. The molecular formula is C13H22N2O2. The number of ether oxygens (including phenoxy) is 1. The molecule has 1 aromatic rings. The molecule has 0 aromatic carbocycles. The van der Waals surface area contributed by atoms with E-state index in [0.717, 1.165) is 5.56 Å². The van der Waals surface area contributed by atoms with Gasteiger partial charge in [0.1, 0.15) is 5.60 Å². The van der Waals surface area contributed by atoms with E-state index >= 15 is 0 Å². The summed E-state index contributed by atoms with van der Waals surface area (Å²) in [6.07, 6.45) is 1.80. The Morgan fingerprint density at radius 2 is 1.71 bits per heavy atom. The van der Waals surface area contributed by atoms with Crippen LogP contribution in [0.2, 0.25) is 0 Å².